The van der Waals surface area contributed by atoms with Crippen LogP contribution in [-0.2, 0) is 9.59 Å². The molecule has 4 atom stereocenters. The summed E-state index contributed by atoms with van der Waals surface area (Å²) in [5.41, 5.74) is -1.29. The summed E-state index contributed by atoms with van der Waals surface area (Å²) in [5.74, 6) is -3.94. The van der Waals surface area contributed by atoms with Crippen molar-refractivity contribution < 1.29 is 19.8 Å². The Morgan fingerprint density at radius 3 is 2.43 bits per heavy atom. The molecule has 0 unspecified atom stereocenters. The molecule has 2 aliphatic rings. The van der Waals surface area contributed by atoms with E-state index in [-0.39, 0.29) is 11.8 Å². The highest BCUT2D eigenvalue weighted by Gasteiger charge is 2.54. The van der Waals surface area contributed by atoms with E-state index in [4.69, 9.17) is 0 Å². The second-order valence-corrected chi connectivity index (χ2v) is 4.26. The first kappa shape index (κ1) is 9.24. The summed E-state index contributed by atoms with van der Waals surface area (Å²) in [4.78, 5) is 21.9. The highest BCUT2D eigenvalue weighted by molar-refractivity contribution is 5.83. The third-order valence-electron chi connectivity index (χ3n) is 3.65. The molecule has 0 saturated heterocycles. The van der Waals surface area contributed by atoms with Gasteiger partial charge in [0.15, 0.2) is 0 Å². The van der Waals surface area contributed by atoms with Crippen LogP contribution in [0.4, 0.5) is 0 Å². The maximum atomic E-state index is 11.0. The number of carbonyl (C=O) groups is 2. The lowest BCUT2D eigenvalue weighted by Gasteiger charge is -2.40. The number of hydrogen-bond donors (Lipinski definition) is 0. The molecule has 4 heteroatoms. The zero-order valence-corrected chi connectivity index (χ0v) is 7.73. The van der Waals surface area contributed by atoms with Gasteiger partial charge in [-0.25, -0.2) is 0 Å². The van der Waals surface area contributed by atoms with E-state index in [1.165, 1.54) is 6.92 Å². The van der Waals surface area contributed by atoms with E-state index in [0.717, 1.165) is 0 Å². The minimum atomic E-state index is -1.29. The van der Waals surface area contributed by atoms with Crippen molar-refractivity contribution >= 4 is 11.9 Å². The molecule has 1 fully saturated rings. The van der Waals surface area contributed by atoms with Gasteiger partial charge in [-0.2, -0.15) is 0 Å². The Bertz CT molecular complexity index is 333. The summed E-state index contributed by atoms with van der Waals surface area (Å²) >= 11 is 0. The summed E-state index contributed by atoms with van der Waals surface area (Å²) in [6.45, 7) is 1.44. The fourth-order valence-corrected chi connectivity index (χ4v) is 2.79. The smallest absolute Gasteiger partial charge is 0.0486 e. The van der Waals surface area contributed by atoms with Gasteiger partial charge in [0.25, 0.3) is 0 Å². The molecule has 0 N–H and O–H groups in total. The molecule has 2 bridgehead atoms. The number of aliphatic carboxylic acids is 2. The van der Waals surface area contributed by atoms with E-state index >= 15 is 0 Å². The average Bonchev–Trinajstić information content (AvgIpc) is 2.61. The number of carbonyl (C=O) groups excluding carboxylic acids is 2. The summed E-state index contributed by atoms with van der Waals surface area (Å²) in [7, 11) is 0. The Morgan fingerprint density at radius 2 is 2.00 bits per heavy atom. The molecule has 2 rings (SSSR count). The van der Waals surface area contributed by atoms with Crippen molar-refractivity contribution in [1.29, 1.82) is 0 Å². The Hall–Kier alpha value is -1.32. The van der Waals surface area contributed by atoms with Crippen LogP contribution in [0, 0.1) is 23.2 Å². The predicted octanol–water partition coefficient (Wildman–Crippen LogP) is -1.69. The topological polar surface area (TPSA) is 80.3 Å². The number of fused-ring (bicyclic) bond motifs is 2. The van der Waals surface area contributed by atoms with Crippen LogP contribution in [0.2, 0.25) is 0 Å². The summed E-state index contributed by atoms with van der Waals surface area (Å²) in [6, 6.07) is 0. The first-order chi connectivity index (χ1) is 6.48. The van der Waals surface area contributed by atoms with Crippen LogP contribution < -0.4 is 10.2 Å². The van der Waals surface area contributed by atoms with Crippen LogP contribution in [0.15, 0.2) is 12.2 Å². The van der Waals surface area contributed by atoms with Crippen molar-refractivity contribution in [1.82, 2.24) is 0 Å². The molecule has 0 aromatic rings. The Balaban J connectivity index is 2.45. The lowest BCUT2D eigenvalue weighted by molar-refractivity contribution is -0.335. The van der Waals surface area contributed by atoms with E-state index in [1.807, 2.05) is 0 Å². The van der Waals surface area contributed by atoms with Crippen molar-refractivity contribution in [2.45, 2.75) is 13.3 Å². The Labute approximate surface area is 81.2 Å². The first-order valence-electron chi connectivity index (χ1n) is 4.58. The lowest BCUT2D eigenvalue weighted by Crippen LogP contribution is -2.53. The molecule has 0 spiro atoms. The van der Waals surface area contributed by atoms with E-state index in [2.05, 4.69) is 0 Å². The van der Waals surface area contributed by atoms with Gasteiger partial charge in [0.1, 0.15) is 0 Å². The average molecular weight is 194 g/mol. The molecule has 76 valence electrons. The number of allylic oxidation sites excluding steroid dienone is 2. The van der Waals surface area contributed by atoms with Gasteiger partial charge in [-0.3, -0.25) is 0 Å². The summed E-state index contributed by atoms with van der Waals surface area (Å²) < 4.78 is 0. The van der Waals surface area contributed by atoms with Crippen LogP contribution in [0.3, 0.4) is 0 Å². The van der Waals surface area contributed by atoms with Gasteiger partial charge in [-0.05, 0) is 18.3 Å². The maximum absolute atomic E-state index is 11.0. The van der Waals surface area contributed by atoms with Crippen LogP contribution in [0.5, 0.6) is 0 Å². The molecule has 0 aliphatic heterocycles. The minimum absolute atomic E-state index is 0.201. The summed E-state index contributed by atoms with van der Waals surface area (Å²) in [5, 5.41) is 21.9. The standard InChI is InChI=1S/C10H12O4/c1-10(9(13)14)6-3-2-5(4-6)7(10)8(11)12/h2-3,5-7H,4H2,1H3,(H,11,12)(H,13,14)/p-2/t5-,6-,7+,10+/m0/s1. The zero-order chi connectivity index (χ0) is 10.5. The molecule has 14 heavy (non-hydrogen) atoms. The van der Waals surface area contributed by atoms with Gasteiger partial charge in [-0.1, -0.05) is 19.1 Å². The molecule has 0 aromatic heterocycles. The van der Waals surface area contributed by atoms with E-state index < -0.39 is 23.3 Å². The fourth-order valence-electron chi connectivity index (χ4n) is 2.79. The highest BCUT2D eigenvalue weighted by Crippen LogP contribution is 2.55. The molecule has 1 saturated carbocycles. The van der Waals surface area contributed by atoms with Crippen molar-refractivity contribution in [2.75, 3.05) is 0 Å². The first-order valence-corrected chi connectivity index (χ1v) is 4.58. The van der Waals surface area contributed by atoms with Crippen molar-refractivity contribution in [2.24, 2.45) is 23.2 Å². The van der Waals surface area contributed by atoms with E-state index in [1.54, 1.807) is 12.2 Å². The normalized spacial score (nSPS) is 44.2. The molecule has 0 heterocycles. The molecule has 0 radical (unpaired) electrons. The second kappa shape index (κ2) is 2.59. The van der Waals surface area contributed by atoms with Crippen LogP contribution in [0.1, 0.15) is 13.3 Å². The van der Waals surface area contributed by atoms with Gasteiger partial charge in [0, 0.05) is 23.3 Å². The quantitative estimate of drug-likeness (QED) is 0.491. The lowest BCUT2D eigenvalue weighted by atomic mass is 9.70. The Kier molecular flexibility index (Phi) is 1.71. The SMILES string of the molecule is C[C@@]1(C(=O)[O-])[C@H]2C=C[C@@H](C2)[C@@H]1C(=O)[O-]. The predicted molar refractivity (Wildman–Crippen MR) is 42.3 cm³/mol. The maximum Gasteiger partial charge on any atom is 0.0486 e. The number of carboxylic acids is 2. The minimum Gasteiger partial charge on any atom is -0.550 e. The number of rotatable bonds is 2. The molecule has 2 aliphatic carbocycles. The van der Waals surface area contributed by atoms with E-state index in [9.17, 15) is 19.8 Å². The number of carboxylic acid groups (broad SMARTS) is 2. The van der Waals surface area contributed by atoms with Crippen molar-refractivity contribution in [3.05, 3.63) is 12.2 Å². The molecular weight excluding hydrogens is 184 g/mol. The third-order valence-corrected chi connectivity index (χ3v) is 3.65. The Morgan fingerprint density at radius 1 is 1.36 bits per heavy atom. The summed E-state index contributed by atoms with van der Waals surface area (Å²) in [6.07, 6.45) is 4.14. The van der Waals surface area contributed by atoms with Crippen LogP contribution >= 0.6 is 0 Å². The number of hydrogen-bond acceptors (Lipinski definition) is 4. The van der Waals surface area contributed by atoms with Crippen molar-refractivity contribution in [3.8, 4) is 0 Å². The van der Waals surface area contributed by atoms with Gasteiger partial charge in [0.2, 0.25) is 0 Å². The van der Waals surface area contributed by atoms with Gasteiger partial charge < -0.3 is 19.8 Å². The van der Waals surface area contributed by atoms with Crippen molar-refractivity contribution in [3.63, 3.8) is 0 Å². The van der Waals surface area contributed by atoms with Gasteiger partial charge in [-0.15, -0.1) is 0 Å². The largest absolute Gasteiger partial charge is 0.550 e. The molecule has 0 amide bonds. The zero-order valence-electron chi connectivity index (χ0n) is 7.73. The van der Waals surface area contributed by atoms with Crippen LogP contribution in [-0.4, -0.2) is 11.9 Å². The van der Waals surface area contributed by atoms with Crippen LogP contribution in [0.25, 0.3) is 0 Å². The second-order valence-electron chi connectivity index (χ2n) is 4.26. The highest BCUT2D eigenvalue weighted by atomic mass is 16.4. The molecule has 4 nitrogen and oxygen atoms in total. The molecular formula is C10H10O4-2. The molecule has 0 aromatic carbocycles. The third kappa shape index (κ3) is 0.882. The monoisotopic (exact) mass is 194 g/mol. The van der Waals surface area contributed by atoms with E-state index in [0.29, 0.717) is 6.42 Å². The van der Waals surface area contributed by atoms with Gasteiger partial charge in [0.05, 0.1) is 0 Å². The van der Waals surface area contributed by atoms with Gasteiger partial charge >= 0.3 is 0 Å². The fraction of sp³-hybridized carbons (Fsp3) is 0.600.